The topological polar surface area (TPSA) is 60.2 Å². The van der Waals surface area contributed by atoms with Crippen molar-refractivity contribution in [1.29, 1.82) is 0 Å². The van der Waals surface area contributed by atoms with Crippen LogP contribution in [0, 0.1) is 0 Å². The summed E-state index contributed by atoms with van der Waals surface area (Å²) in [7, 11) is -2.81. The first-order valence-corrected chi connectivity index (χ1v) is 5.26. The number of hydrogen-bond acceptors (Lipinski definition) is 3. The van der Waals surface area contributed by atoms with E-state index in [4.69, 9.17) is 5.73 Å². The molecule has 10 heavy (non-hydrogen) atoms. The molecule has 0 aromatic rings. The van der Waals surface area contributed by atoms with E-state index in [0.717, 1.165) is 0 Å². The Morgan fingerprint density at radius 3 is 2.40 bits per heavy atom. The zero-order valence-electron chi connectivity index (χ0n) is 6.08. The zero-order chi connectivity index (χ0) is 7.78. The second-order valence-corrected chi connectivity index (χ2v) is 5.11. The van der Waals surface area contributed by atoms with Crippen molar-refractivity contribution in [1.82, 2.24) is 0 Å². The van der Waals surface area contributed by atoms with E-state index in [-0.39, 0.29) is 17.0 Å². The zero-order valence-corrected chi connectivity index (χ0v) is 6.89. The Hall–Kier alpha value is -0.0900. The smallest absolute Gasteiger partial charge is 0.154 e. The summed E-state index contributed by atoms with van der Waals surface area (Å²) >= 11 is 0. The molecule has 2 atom stereocenters. The van der Waals surface area contributed by atoms with Gasteiger partial charge in [-0.05, 0) is 12.8 Å². The van der Waals surface area contributed by atoms with Gasteiger partial charge < -0.3 is 5.73 Å². The number of sulfone groups is 1. The van der Waals surface area contributed by atoms with Gasteiger partial charge in [-0.2, -0.15) is 0 Å². The molecule has 1 heterocycles. The Balaban J connectivity index is 2.84. The Labute approximate surface area is 61.5 Å². The fourth-order valence-corrected chi connectivity index (χ4v) is 3.54. The fraction of sp³-hybridized carbons (Fsp3) is 1.00. The Morgan fingerprint density at radius 1 is 1.60 bits per heavy atom. The summed E-state index contributed by atoms with van der Waals surface area (Å²) in [6, 6.07) is -0.116. The van der Waals surface area contributed by atoms with Gasteiger partial charge in [-0.1, -0.05) is 6.92 Å². The van der Waals surface area contributed by atoms with Crippen molar-refractivity contribution in [2.45, 2.75) is 31.1 Å². The van der Waals surface area contributed by atoms with Crippen molar-refractivity contribution in [3.63, 3.8) is 0 Å². The molecule has 1 saturated heterocycles. The molecule has 1 fully saturated rings. The largest absolute Gasteiger partial charge is 0.326 e. The van der Waals surface area contributed by atoms with Crippen LogP contribution in [-0.2, 0) is 9.84 Å². The Kier molecular flexibility index (Phi) is 2.01. The minimum Gasteiger partial charge on any atom is -0.326 e. The standard InChI is InChI=1S/C6H13NO2S/c1-2-6-5(7)3-4-10(6,8)9/h5-6H,2-4,7H2,1H3. The van der Waals surface area contributed by atoms with Crippen molar-refractivity contribution in [2.24, 2.45) is 5.73 Å². The Morgan fingerprint density at radius 2 is 2.20 bits per heavy atom. The molecule has 0 saturated carbocycles. The highest BCUT2D eigenvalue weighted by molar-refractivity contribution is 7.92. The average molecular weight is 163 g/mol. The van der Waals surface area contributed by atoms with Crippen LogP contribution in [0.3, 0.4) is 0 Å². The number of hydrogen-bond donors (Lipinski definition) is 1. The van der Waals surface area contributed by atoms with Crippen LogP contribution >= 0.6 is 0 Å². The van der Waals surface area contributed by atoms with Crippen molar-refractivity contribution in [2.75, 3.05) is 5.75 Å². The molecule has 0 bridgehead atoms. The highest BCUT2D eigenvalue weighted by atomic mass is 32.2. The molecule has 3 nitrogen and oxygen atoms in total. The fourth-order valence-electron chi connectivity index (χ4n) is 1.46. The van der Waals surface area contributed by atoms with Crippen LogP contribution in [0.4, 0.5) is 0 Å². The molecule has 2 N–H and O–H groups in total. The second-order valence-electron chi connectivity index (χ2n) is 2.77. The summed E-state index contributed by atoms with van der Waals surface area (Å²) in [4.78, 5) is 0. The van der Waals surface area contributed by atoms with Gasteiger partial charge >= 0.3 is 0 Å². The lowest BCUT2D eigenvalue weighted by Gasteiger charge is -2.10. The van der Waals surface area contributed by atoms with Gasteiger partial charge in [0.15, 0.2) is 9.84 Å². The van der Waals surface area contributed by atoms with Crippen LogP contribution in [0.1, 0.15) is 19.8 Å². The van der Waals surface area contributed by atoms with E-state index in [2.05, 4.69) is 0 Å². The van der Waals surface area contributed by atoms with Crippen molar-refractivity contribution in [3.05, 3.63) is 0 Å². The van der Waals surface area contributed by atoms with Gasteiger partial charge in [0, 0.05) is 6.04 Å². The first kappa shape index (κ1) is 8.01. The predicted molar refractivity (Wildman–Crippen MR) is 40.5 cm³/mol. The molecule has 0 aromatic heterocycles. The maximum Gasteiger partial charge on any atom is 0.154 e. The molecule has 0 aromatic carbocycles. The minimum absolute atomic E-state index is 0.116. The highest BCUT2D eigenvalue weighted by Gasteiger charge is 2.36. The second kappa shape index (κ2) is 2.51. The van der Waals surface area contributed by atoms with Gasteiger partial charge in [0.25, 0.3) is 0 Å². The van der Waals surface area contributed by atoms with Crippen LogP contribution in [0.5, 0.6) is 0 Å². The van der Waals surface area contributed by atoms with E-state index in [1.807, 2.05) is 6.92 Å². The molecule has 1 aliphatic heterocycles. The molecular weight excluding hydrogens is 150 g/mol. The maximum absolute atomic E-state index is 11.1. The molecule has 0 radical (unpaired) electrons. The summed E-state index contributed by atoms with van der Waals surface area (Å²) < 4.78 is 22.2. The average Bonchev–Trinajstić information content (AvgIpc) is 2.07. The summed E-state index contributed by atoms with van der Waals surface area (Å²) in [6.07, 6.45) is 1.30. The van der Waals surface area contributed by atoms with Gasteiger partial charge in [0.2, 0.25) is 0 Å². The number of rotatable bonds is 1. The molecule has 2 unspecified atom stereocenters. The third kappa shape index (κ3) is 1.18. The van der Waals surface area contributed by atoms with Gasteiger partial charge in [-0.15, -0.1) is 0 Å². The molecule has 0 aliphatic carbocycles. The summed E-state index contributed by atoms with van der Waals surface area (Å²) in [6.45, 7) is 1.87. The normalized spacial score (nSPS) is 38.2. The highest BCUT2D eigenvalue weighted by Crippen LogP contribution is 2.21. The Bertz CT molecular complexity index is 210. The minimum atomic E-state index is -2.81. The summed E-state index contributed by atoms with van der Waals surface area (Å²) in [5, 5.41) is -0.271. The van der Waals surface area contributed by atoms with E-state index in [1.165, 1.54) is 0 Å². The van der Waals surface area contributed by atoms with E-state index in [9.17, 15) is 8.42 Å². The SMILES string of the molecule is CCC1C(N)CCS1(=O)=O. The monoisotopic (exact) mass is 163 g/mol. The van der Waals surface area contributed by atoms with Crippen LogP contribution in [-0.4, -0.2) is 25.5 Å². The lowest BCUT2D eigenvalue weighted by molar-refractivity contribution is 0.571. The molecular formula is C6H13NO2S. The first-order chi connectivity index (χ1) is 4.58. The molecule has 1 rings (SSSR count). The summed E-state index contributed by atoms with van der Waals surface area (Å²) in [5.74, 6) is 0.284. The molecule has 1 aliphatic rings. The van der Waals surface area contributed by atoms with E-state index >= 15 is 0 Å². The predicted octanol–water partition coefficient (Wildman–Crippen LogP) is -0.0892. The molecule has 60 valence electrons. The quantitative estimate of drug-likeness (QED) is 0.587. The van der Waals surface area contributed by atoms with Crippen LogP contribution in [0.25, 0.3) is 0 Å². The lowest BCUT2D eigenvalue weighted by atomic mass is 10.1. The van der Waals surface area contributed by atoms with E-state index in [1.54, 1.807) is 0 Å². The van der Waals surface area contributed by atoms with Crippen LogP contribution in [0.15, 0.2) is 0 Å². The molecule has 0 amide bonds. The van der Waals surface area contributed by atoms with Gasteiger partial charge in [-0.3, -0.25) is 0 Å². The summed E-state index contributed by atoms with van der Waals surface area (Å²) in [5.41, 5.74) is 5.59. The van der Waals surface area contributed by atoms with Crippen molar-refractivity contribution >= 4 is 9.84 Å². The van der Waals surface area contributed by atoms with Crippen molar-refractivity contribution in [3.8, 4) is 0 Å². The van der Waals surface area contributed by atoms with Gasteiger partial charge in [0.1, 0.15) is 0 Å². The number of nitrogens with two attached hydrogens (primary N) is 1. The van der Waals surface area contributed by atoms with E-state index in [0.29, 0.717) is 12.8 Å². The van der Waals surface area contributed by atoms with Crippen LogP contribution in [0.2, 0.25) is 0 Å². The first-order valence-electron chi connectivity index (χ1n) is 3.55. The lowest BCUT2D eigenvalue weighted by Crippen LogP contribution is -2.32. The molecule has 0 spiro atoms. The van der Waals surface area contributed by atoms with Crippen LogP contribution < -0.4 is 5.73 Å². The third-order valence-electron chi connectivity index (χ3n) is 2.08. The van der Waals surface area contributed by atoms with Gasteiger partial charge in [0.05, 0.1) is 11.0 Å². The van der Waals surface area contributed by atoms with Gasteiger partial charge in [-0.25, -0.2) is 8.42 Å². The van der Waals surface area contributed by atoms with Crippen molar-refractivity contribution < 1.29 is 8.42 Å². The third-order valence-corrected chi connectivity index (χ3v) is 4.49. The van der Waals surface area contributed by atoms with E-state index < -0.39 is 9.84 Å². The maximum atomic E-state index is 11.1. The molecule has 4 heteroatoms.